The Balaban J connectivity index is 1.79. The van der Waals surface area contributed by atoms with Crippen LogP contribution in [0.1, 0.15) is 29.1 Å². The number of amides is 1. The van der Waals surface area contributed by atoms with E-state index in [9.17, 15) is 4.79 Å². The molecule has 0 aliphatic rings. The van der Waals surface area contributed by atoms with Gasteiger partial charge in [-0.2, -0.15) is 0 Å². The first-order chi connectivity index (χ1) is 9.74. The summed E-state index contributed by atoms with van der Waals surface area (Å²) in [5.41, 5.74) is 2.45. The third-order valence-corrected chi connectivity index (χ3v) is 3.11. The van der Waals surface area contributed by atoms with Gasteiger partial charge in [0.2, 0.25) is 0 Å². The number of para-hydroxylation sites is 2. The molecule has 2 heterocycles. The number of rotatable bonds is 3. The number of carbonyl (C=O) groups excluding carboxylic acids is 1. The lowest BCUT2D eigenvalue weighted by Gasteiger charge is -2.11. The Morgan fingerprint density at radius 2 is 1.95 bits per heavy atom. The second kappa shape index (κ2) is 5.13. The molecule has 2 aromatic heterocycles. The molecule has 1 amide bonds. The number of hydrogen-bond donors (Lipinski definition) is 2. The lowest BCUT2D eigenvalue weighted by atomic mass is 10.2. The van der Waals surface area contributed by atoms with Crippen LogP contribution in [0.2, 0.25) is 0 Å². The summed E-state index contributed by atoms with van der Waals surface area (Å²) in [7, 11) is 0. The lowest BCUT2D eigenvalue weighted by molar-refractivity contribution is 0.0938. The van der Waals surface area contributed by atoms with E-state index < -0.39 is 0 Å². The van der Waals surface area contributed by atoms with Crippen molar-refractivity contribution >= 4 is 16.9 Å². The molecule has 5 heteroatoms. The summed E-state index contributed by atoms with van der Waals surface area (Å²) in [6.07, 6.45) is 3.20. The summed E-state index contributed by atoms with van der Waals surface area (Å²) >= 11 is 0. The molecule has 1 aromatic carbocycles. The number of imidazole rings is 1. The maximum atomic E-state index is 12.1. The zero-order chi connectivity index (χ0) is 13.9. The van der Waals surface area contributed by atoms with E-state index in [-0.39, 0.29) is 11.9 Å². The van der Waals surface area contributed by atoms with Crippen molar-refractivity contribution in [3.05, 3.63) is 60.2 Å². The summed E-state index contributed by atoms with van der Waals surface area (Å²) < 4.78 is 0. The minimum Gasteiger partial charge on any atom is -0.342 e. The normalized spacial score (nSPS) is 12.2. The van der Waals surface area contributed by atoms with Crippen molar-refractivity contribution in [3.63, 3.8) is 0 Å². The summed E-state index contributed by atoms with van der Waals surface area (Å²) in [4.78, 5) is 23.6. The summed E-state index contributed by atoms with van der Waals surface area (Å²) in [5, 5.41) is 2.91. The molecule has 1 atom stereocenters. The molecule has 0 fully saturated rings. The van der Waals surface area contributed by atoms with Gasteiger partial charge >= 0.3 is 0 Å². The lowest BCUT2D eigenvalue weighted by Crippen LogP contribution is -2.27. The van der Waals surface area contributed by atoms with E-state index in [1.807, 2.05) is 31.2 Å². The van der Waals surface area contributed by atoms with E-state index >= 15 is 0 Å². The molecule has 3 rings (SSSR count). The van der Waals surface area contributed by atoms with Gasteiger partial charge in [0, 0.05) is 18.0 Å². The zero-order valence-electron chi connectivity index (χ0n) is 11.0. The number of aromatic nitrogens is 3. The van der Waals surface area contributed by atoms with Crippen molar-refractivity contribution in [2.75, 3.05) is 0 Å². The minimum atomic E-state index is -0.192. The number of benzene rings is 1. The van der Waals surface area contributed by atoms with Crippen LogP contribution in [0.25, 0.3) is 11.0 Å². The molecule has 0 bridgehead atoms. The molecule has 0 radical (unpaired) electrons. The second-order valence-electron chi connectivity index (χ2n) is 4.57. The quantitative estimate of drug-likeness (QED) is 0.765. The van der Waals surface area contributed by atoms with Gasteiger partial charge in [0.15, 0.2) is 0 Å². The van der Waals surface area contributed by atoms with Gasteiger partial charge in [0.25, 0.3) is 5.91 Å². The summed E-state index contributed by atoms with van der Waals surface area (Å²) in [6.45, 7) is 1.90. The Hall–Kier alpha value is -2.69. The summed E-state index contributed by atoms with van der Waals surface area (Å²) in [6, 6.07) is 11.0. The van der Waals surface area contributed by atoms with Gasteiger partial charge < -0.3 is 10.3 Å². The van der Waals surface area contributed by atoms with Crippen LogP contribution in [0.5, 0.6) is 0 Å². The largest absolute Gasteiger partial charge is 0.342 e. The van der Waals surface area contributed by atoms with Crippen LogP contribution in [0.4, 0.5) is 0 Å². The predicted molar refractivity (Wildman–Crippen MR) is 76.2 cm³/mol. The number of nitrogens with one attached hydrogen (secondary N) is 2. The number of H-pyrrole nitrogens is 1. The van der Waals surface area contributed by atoms with Gasteiger partial charge in [0.05, 0.1) is 17.1 Å². The van der Waals surface area contributed by atoms with Crippen LogP contribution in [-0.2, 0) is 0 Å². The average Bonchev–Trinajstić information content (AvgIpc) is 2.92. The Morgan fingerprint density at radius 3 is 2.70 bits per heavy atom. The van der Waals surface area contributed by atoms with Crippen LogP contribution in [-0.4, -0.2) is 20.9 Å². The van der Waals surface area contributed by atoms with Crippen molar-refractivity contribution in [1.82, 2.24) is 20.3 Å². The third-order valence-electron chi connectivity index (χ3n) is 3.11. The molecule has 100 valence electrons. The standard InChI is InChI=1S/C15H14N4O/c1-10(17-15(20)11-6-8-16-9-7-11)14-18-12-4-2-3-5-13(12)19-14/h2-10H,1H3,(H,17,20)(H,18,19)/t10-/m0/s1. The van der Waals surface area contributed by atoms with Crippen LogP contribution < -0.4 is 5.32 Å². The molecule has 0 aliphatic heterocycles. The third kappa shape index (κ3) is 2.38. The van der Waals surface area contributed by atoms with Crippen LogP contribution in [0.3, 0.4) is 0 Å². The molecule has 5 nitrogen and oxygen atoms in total. The molecule has 3 aromatic rings. The Morgan fingerprint density at radius 1 is 1.20 bits per heavy atom. The average molecular weight is 266 g/mol. The van der Waals surface area contributed by atoms with Gasteiger partial charge in [-0.3, -0.25) is 9.78 Å². The van der Waals surface area contributed by atoms with Crippen molar-refractivity contribution in [3.8, 4) is 0 Å². The molecule has 0 aliphatic carbocycles. The molecule has 2 N–H and O–H groups in total. The molecular formula is C15H14N4O. The van der Waals surface area contributed by atoms with Crippen LogP contribution in [0, 0.1) is 0 Å². The van der Waals surface area contributed by atoms with Crippen LogP contribution in [0.15, 0.2) is 48.8 Å². The topological polar surface area (TPSA) is 70.7 Å². The molecule has 0 spiro atoms. The Kier molecular flexibility index (Phi) is 3.16. The van der Waals surface area contributed by atoms with Crippen molar-refractivity contribution in [1.29, 1.82) is 0 Å². The number of carbonyl (C=O) groups is 1. The van der Waals surface area contributed by atoms with E-state index in [0.29, 0.717) is 5.56 Å². The number of hydrogen-bond acceptors (Lipinski definition) is 3. The van der Waals surface area contributed by atoms with Crippen LogP contribution >= 0.6 is 0 Å². The molecule has 0 unspecified atom stereocenters. The first kappa shape index (κ1) is 12.3. The minimum absolute atomic E-state index is 0.139. The highest BCUT2D eigenvalue weighted by atomic mass is 16.1. The highest BCUT2D eigenvalue weighted by molar-refractivity contribution is 5.94. The summed E-state index contributed by atoms with van der Waals surface area (Å²) in [5.74, 6) is 0.606. The SMILES string of the molecule is C[C@H](NC(=O)c1ccncc1)c1nc2ccccc2[nH]1. The number of pyridine rings is 1. The van der Waals surface area contributed by atoms with Crippen molar-refractivity contribution in [2.24, 2.45) is 0 Å². The fraction of sp³-hybridized carbons (Fsp3) is 0.133. The van der Waals surface area contributed by atoms with Gasteiger partial charge in [0.1, 0.15) is 5.82 Å². The van der Waals surface area contributed by atoms with Crippen molar-refractivity contribution < 1.29 is 4.79 Å². The molecular weight excluding hydrogens is 252 g/mol. The van der Waals surface area contributed by atoms with Gasteiger partial charge in [-0.1, -0.05) is 12.1 Å². The smallest absolute Gasteiger partial charge is 0.251 e. The van der Waals surface area contributed by atoms with E-state index in [2.05, 4.69) is 20.3 Å². The van der Waals surface area contributed by atoms with E-state index in [1.165, 1.54) is 0 Å². The zero-order valence-corrected chi connectivity index (χ0v) is 11.0. The highest BCUT2D eigenvalue weighted by Gasteiger charge is 2.14. The van der Waals surface area contributed by atoms with E-state index in [1.54, 1.807) is 24.5 Å². The second-order valence-corrected chi connectivity index (χ2v) is 4.57. The first-order valence-electron chi connectivity index (χ1n) is 6.39. The van der Waals surface area contributed by atoms with Gasteiger partial charge in [-0.15, -0.1) is 0 Å². The first-order valence-corrected chi connectivity index (χ1v) is 6.39. The highest BCUT2D eigenvalue weighted by Crippen LogP contribution is 2.15. The van der Waals surface area contributed by atoms with E-state index in [0.717, 1.165) is 16.9 Å². The van der Waals surface area contributed by atoms with Gasteiger partial charge in [-0.25, -0.2) is 4.98 Å². The molecule has 0 saturated heterocycles. The molecule has 20 heavy (non-hydrogen) atoms. The van der Waals surface area contributed by atoms with E-state index in [4.69, 9.17) is 0 Å². The van der Waals surface area contributed by atoms with Gasteiger partial charge in [-0.05, 0) is 31.2 Å². The predicted octanol–water partition coefficient (Wildman–Crippen LogP) is 2.45. The number of fused-ring (bicyclic) bond motifs is 1. The number of aromatic amines is 1. The van der Waals surface area contributed by atoms with Crippen molar-refractivity contribution in [2.45, 2.75) is 13.0 Å². The fourth-order valence-corrected chi connectivity index (χ4v) is 2.03. The molecule has 0 saturated carbocycles. The monoisotopic (exact) mass is 266 g/mol. The Labute approximate surface area is 116 Å². The maximum Gasteiger partial charge on any atom is 0.251 e. The fourth-order valence-electron chi connectivity index (χ4n) is 2.03. The maximum absolute atomic E-state index is 12.1. The Bertz CT molecular complexity index is 703. The number of nitrogens with zero attached hydrogens (tertiary/aromatic N) is 2.